The van der Waals surface area contributed by atoms with Crippen LogP contribution in [0.3, 0.4) is 0 Å². The number of carbonyl (C=O) groups is 1. The molecule has 2 heterocycles. The number of carbonyl (C=O) groups excluding carboxylic acids is 1. The van der Waals surface area contributed by atoms with Crippen molar-refractivity contribution in [3.05, 3.63) is 0 Å². The van der Waals surface area contributed by atoms with Crippen LogP contribution in [0, 0.1) is 0 Å². The van der Waals surface area contributed by atoms with Gasteiger partial charge in [0.15, 0.2) is 0 Å². The lowest BCUT2D eigenvalue weighted by Gasteiger charge is -2.40. The second kappa shape index (κ2) is 4.82. The molecule has 0 atom stereocenters. The summed E-state index contributed by atoms with van der Waals surface area (Å²) in [4.78, 5) is 16.8. The van der Waals surface area contributed by atoms with Crippen molar-refractivity contribution in [1.29, 1.82) is 0 Å². The fourth-order valence-corrected chi connectivity index (χ4v) is 3.38. The van der Waals surface area contributed by atoms with Crippen LogP contribution in [0.25, 0.3) is 0 Å². The Morgan fingerprint density at radius 1 is 1.00 bits per heavy atom. The van der Waals surface area contributed by atoms with E-state index >= 15 is 0 Å². The van der Waals surface area contributed by atoms with E-state index in [0.29, 0.717) is 6.04 Å². The lowest BCUT2D eigenvalue weighted by atomic mass is 9.99. The van der Waals surface area contributed by atoms with E-state index in [1.165, 1.54) is 32.4 Å². The first kappa shape index (κ1) is 12.4. The van der Waals surface area contributed by atoms with Crippen molar-refractivity contribution in [1.82, 2.24) is 9.80 Å². The van der Waals surface area contributed by atoms with E-state index in [-0.39, 0.29) is 5.91 Å². The van der Waals surface area contributed by atoms with Gasteiger partial charge >= 0.3 is 0 Å². The van der Waals surface area contributed by atoms with Gasteiger partial charge in [0.2, 0.25) is 5.91 Å². The van der Waals surface area contributed by atoms with Gasteiger partial charge in [0.25, 0.3) is 0 Å². The molecule has 2 N–H and O–H groups in total. The number of rotatable bonds is 2. The molecular weight excluding hydrogens is 226 g/mol. The normalized spacial score (nSPS) is 29.3. The maximum Gasteiger partial charge on any atom is 0.242 e. The minimum Gasteiger partial charge on any atom is -0.341 e. The third kappa shape index (κ3) is 2.41. The summed E-state index contributed by atoms with van der Waals surface area (Å²) in [6.07, 6.45) is 8.15. The maximum absolute atomic E-state index is 12.2. The first-order valence-electron chi connectivity index (χ1n) is 7.51. The number of hydrogen-bond donors (Lipinski definition) is 1. The lowest BCUT2D eigenvalue weighted by Crippen LogP contribution is -2.52. The van der Waals surface area contributed by atoms with E-state index in [2.05, 4.69) is 4.90 Å². The molecule has 0 aromatic rings. The molecule has 3 rings (SSSR count). The van der Waals surface area contributed by atoms with Crippen molar-refractivity contribution >= 4 is 5.91 Å². The third-order valence-electron chi connectivity index (χ3n) is 4.87. The van der Waals surface area contributed by atoms with Crippen LogP contribution >= 0.6 is 0 Å². The fraction of sp³-hybridized carbons (Fsp3) is 0.929. The Kier molecular flexibility index (Phi) is 3.32. The highest BCUT2D eigenvalue weighted by Crippen LogP contribution is 2.35. The van der Waals surface area contributed by atoms with Crippen LogP contribution in [0.5, 0.6) is 0 Å². The predicted octanol–water partition coefficient (Wildman–Crippen LogP) is 0.955. The molecule has 2 saturated heterocycles. The van der Waals surface area contributed by atoms with Crippen LogP contribution in [-0.4, -0.2) is 53.5 Å². The molecule has 4 nitrogen and oxygen atoms in total. The van der Waals surface area contributed by atoms with Crippen molar-refractivity contribution in [3.63, 3.8) is 0 Å². The fourth-order valence-electron chi connectivity index (χ4n) is 3.38. The van der Waals surface area contributed by atoms with Gasteiger partial charge in [0.1, 0.15) is 0 Å². The molecule has 3 fully saturated rings. The van der Waals surface area contributed by atoms with Crippen molar-refractivity contribution < 1.29 is 4.79 Å². The summed E-state index contributed by atoms with van der Waals surface area (Å²) in [6.45, 7) is 4.36. The highest BCUT2D eigenvalue weighted by molar-refractivity contribution is 5.89. The summed E-state index contributed by atoms with van der Waals surface area (Å²) in [5.41, 5.74) is 5.52. The van der Waals surface area contributed by atoms with Crippen molar-refractivity contribution in [3.8, 4) is 0 Å². The maximum atomic E-state index is 12.2. The Morgan fingerprint density at radius 3 is 2.17 bits per heavy atom. The van der Waals surface area contributed by atoms with E-state index in [9.17, 15) is 4.79 Å². The molecule has 4 heteroatoms. The van der Waals surface area contributed by atoms with E-state index < -0.39 is 5.54 Å². The molecule has 1 aliphatic carbocycles. The number of likely N-dealkylation sites (tertiary alicyclic amines) is 2. The molecule has 0 spiro atoms. The van der Waals surface area contributed by atoms with Crippen molar-refractivity contribution in [2.45, 2.75) is 56.5 Å². The topological polar surface area (TPSA) is 49.6 Å². The van der Waals surface area contributed by atoms with Gasteiger partial charge in [-0.1, -0.05) is 6.42 Å². The molecule has 0 radical (unpaired) electrons. The van der Waals surface area contributed by atoms with Crippen LogP contribution < -0.4 is 5.73 Å². The summed E-state index contributed by atoms with van der Waals surface area (Å²) in [7, 11) is 0. The first-order chi connectivity index (χ1) is 8.69. The number of nitrogens with two attached hydrogens (primary N) is 1. The van der Waals surface area contributed by atoms with Crippen LogP contribution in [0.15, 0.2) is 0 Å². The Balaban J connectivity index is 1.50. The molecule has 18 heavy (non-hydrogen) atoms. The van der Waals surface area contributed by atoms with E-state index in [4.69, 9.17) is 5.73 Å². The zero-order chi connectivity index (χ0) is 12.6. The quantitative estimate of drug-likeness (QED) is 0.795. The van der Waals surface area contributed by atoms with Gasteiger partial charge in [0.05, 0.1) is 5.54 Å². The number of piperidine rings is 2. The molecule has 3 aliphatic rings. The Hall–Kier alpha value is -0.610. The van der Waals surface area contributed by atoms with E-state index in [0.717, 1.165) is 38.8 Å². The van der Waals surface area contributed by atoms with Gasteiger partial charge in [-0.25, -0.2) is 0 Å². The van der Waals surface area contributed by atoms with Gasteiger partial charge < -0.3 is 15.5 Å². The summed E-state index contributed by atoms with van der Waals surface area (Å²) in [5.74, 6) is 0.208. The summed E-state index contributed by atoms with van der Waals surface area (Å²) >= 11 is 0. The van der Waals surface area contributed by atoms with Gasteiger partial charge in [-0.05, 0) is 51.6 Å². The average molecular weight is 251 g/mol. The van der Waals surface area contributed by atoms with Crippen molar-refractivity contribution in [2.24, 2.45) is 5.73 Å². The van der Waals surface area contributed by atoms with Crippen LogP contribution in [0.4, 0.5) is 0 Å². The second-order valence-electron chi connectivity index (χ2n) is 6.28. The van der Waals surface area contributed by atoms with E-state index in [1.807, 2.05) is 4.90 Å². The summed E-state index contributed by atoms with van der Waals surface area (Å²) in [6, 6.07) is 0.710. The molecule has 2 aliphatic heterocycles. The van der Waals surface area contributed by atoms with Crippen LogP contribution in [-0.2, 0) is 4.79 Å². The molecule has 0 aromatic carbocycles. The Labute approximate surface area is 109 Å². The molecular formula is C14H25N3O. The number of hydrogen-bond acceptors (Lipinski definition) is 3. The summed E-state index contributed by atoms with van der Waals surface area (Å²) in [5, 5.41) is 0. The standard InChI is InChI=1S/C14H25N3O/c15-14(6-7-14)13(18)17-10-4-12(5-11-17)16-8-2-1-3-9-16/h12H,1-11,15H2. The molecule has 0 unspecified atom stereocenters. The SMILES string of the molecule is NC1(C(=O)N2CCC(N3CCCCC3)CC2)CC1. The van der Waals surface area contributed by atoms with Gasteiger partial charge in [-0.2, -0.15) is 0 Å². The zero-order valence-corrected chi connectivity index (χ0v) is 11.2. The van der Waals surface area contributed by atoms with Gasteiger partial charge in [-0.3, -0.25) is 4.79 Å². The molecule has 1 saturated carbocycles. The second-order valence-corrected chi connectivity index (χ2v) is 6.28. The number of amides is 1. The monoisotopic (exact) mass is 251 g/mol. The first-order valence-corrected chi connectivity index (χ1v) is 7.51. The van der Waals surface area contributed by atoms with Gasteiger partial charge in [0, 0.05) is 19.1 Å². The Morgan fingerprint density at radius 2 is 1.61 bits per heavy atom. The Bertz CT molecular complexity index is 313. The predicted molar refractivity (Wildman–Crippen MR) is 71.2 cm³/mol. The zero-order valence-electron chi connectivity index (χ0n) is 11.2. The molecule has 1 amide bonds. The highest BCUT2D eigenvalue weighted by Gasteiger charge is 2.48. The minimum absolute atomic E-state index is 0.208. The highest BCUT2D eigenvalue weighted by atomic mass is 16.2. The molecule has 102 valence electrons. The smallest absolute Gasteiger partial charge is 0.242 e. The lowest BCUT2D eigenvalue weighted by molar-refractivity contribution is -0.135. The van der Waals surface area contributed by atoms with E-state index in [1.54, 1.807) is 0 Å². The van der Waals surface area contributed by atoms with Gasteiger partial charge in [-0.15, -0.1) is 0 Å². The molecule has 0 bridgehead atoms. The van der Waals surface area contributed by atoms with Crippen molar-refractivity contribution in [2.75, 3.05) is 26.2 Å². The third-order valence-corrected chi connectivity index (χ3v) is 4.87. The summed E-state index contributed by atoms with van der Waals surface area (Å²) < 4.78 is 0. The average Bonchev–Trinajstić information content (AvgIpc) is 3.18. The number of nitrogens with zero attached hydrogens (tertiary/aromatic N) is 2. The molecule has 0 aromatic heterocycles. The van der Waals surface area contributed by atoms with Crippen LogP contribution in [0.1, 0.15) is 44.9 Å². The van der Waals surface area contributed by atoms with Crippen LogP contribution in [0.2, 0.25) is 0 Å². The minimum atomic E-state index is -0.474. The largest absolute Gasteiger partial charge is 0.341 e.